The number of imide groups is 1. The molecule has 2 bridgehead atoms. The number of nitro groups is 1. The van der Waals surface area contributed by atoms with Crippen LogP contribution in [-0.2, 0) is 9.59 Å². The Morgan fingerprint density at radius 2 is 1.52 bits per heavy atom. The van der Waals surface area contributed by atoms with Gasteiger partial charge < -0.3 is 0 Å². The van der Waals surface area contributed by atoms with Gasteiger partial charge in [0.1, 0.15) is 0 Å². The van der Waals surface area contributed by atoms with Crippen molar-refractivity contribution in [3.05, 3.63) is 46.5 Å². The second-order valence-corrected chi connectivity index (χ2v) is 7.30. The van der Waals surface area contributed by atoms with Gasteiger partial charge in [-0.1, -0.05) is 18.2 Å². The van der Waals surface area contributed by atoms with Crippen LogP contribution in [0.2, 0.25) is 0 Å². The van der Waals surface area contributed by atoms with E-state index in [0.29, 0.717) is 28.3 Å². The van der Waals surface area contributed by atoms with Crippen LogP contribution in [0.4, 0.5) is 11.4 Å². The molecule has 2 aliphatic carbocycles. The topological polar surface area (TPSA) is 80.5 Å². The SMILES string of the molecule is O=C1[C@@H]2[C@@H]3CC[C@@H](C3)[C@@H]2C(=O)N1c1ccc([N+](=O)[O-])c2ccccc12. The Morgan fingerprint density at radius 1 is 0.920 bits per heavy atom. The number of non-ortho nitro benzene ring substituents is 1. The highest BCUT2D eigenvalue weighted by Gasteiger charge is 2.61. The van der Waals surface area contributed by atoms with Crippen molar-refractivity contribution in [2.45, 2.75) is 19.3 Å². The molecule has 2 aromatic rings. The molecule has 2 aromatic carbocycles. The first kappa shape index (κ1) is 14.6. The van der Waals surface area contributed by atoms with Crippen LogP contribution < -0.4 is 4.90 Å². The summed E-state index contributed by atoms with van der Waals surface area (Å²) in [4.78, 5) is 38.2. The molecule has 0 spiro atoms. The highest BCUT2D eigenvalue weighted by molar-refractivity contribution is 6.25. The van der Waals surface area contributed by atoms with Crippen LogP contribution in [0.1, 0.15) is 19.3 Å². The maximum absolute atomic E-state index is 13.0. The van der Waals surface area contributed by atoms with Crippen molar-refractivity contribution in [3.63, 3.8) is 0 Å². The van der Waals surface area contributed by atoms with Crippen molar-refractivity contribution in [2.24, 2.45) is 23.7 Å². The predicted molar refractivity (Wildman–Crippen MR) is 90.9 cm³/mol. The van der Waals surface area contributed by atoms with E-state index in [4.69, 9.17) is 0 Å². The zero-order valence-corrected chi connectivity index (χ0v) is 13.4. The van der Waals surface area contributed by atoms with Crippen molar-refractivity contribution in [2.75, 3.05) is 4.90 Å². The average Bonchev–Trinajstić information content (AvgIpc) is 3.28. The van der Waals surface area contributed by atoms with Gasteiger partial charge in [-0.05, 0) is 43.2 Å². The average molecular weight is 336 g/mol. The first-order valence-electron chi connectivity index (χ1n) is 8.62. The Morgan fingerprint density at radius 3 is 2.12 bits per heavy atom. The molecular weight excluding hydrogens is 320 g/mol. The van der Waals surface area contributed by atoms with Gasteiger partial charge in [-0.2, -0.15) is 0 Å². The lowest BCUT2D eigenvalue weighted by atomic mass is 9.81. The van der Waals surface area contributed by atoms with E-state index in [0.717, 1.165) is 19.3 Å². The molecule has 1 saturated heterocycles. The van der Waals surface area contributed by atoms with E-state index < -0.39 is 4.92 Å². The van der Waals surface area contributed by atoms with Gasteiger partial charge in [0.25, 0.3) is 5.69 Å². The number of nitro benzene ring substituents is 1. The number of amides is 2. The van der Waals surface area contributed by atoms with Crippen molar-refractivity contribution in [1.82, 2.24) is 0 Å². The molecule has 6 heteroatoms. The lowest BCUT2D eigenvalue weighted by Crippen LogP contribution is -2.32. The zero-order chi connectivity index (χ0) is 17.3. The number of carbonyl (C=O) groups is 2. The maximum Gasteiger partial charge on any atom is 0.277 e. The number of hydrogen-bond acceptors (Lipinski definition) is 4. The highest BCUT2D eigenvalue weighted by Crippen LogP contribution is 2.57. The van der Waals surface area contributed by atoms with Gasteiger partial charge in [-0.3, -0.25) is 19.7 Å². The standard InChI is InChI=1S/C19H16N2O4/c22-18-16-10-5-6-11(9-10)17(16)19(23)20(18)14-7-8-15(21(24)25)13-4-2-1-3-12(13)14/h1-4,7-8,10-11,16-17H,5-6,9H2/t10-,11+,16-,17+. The molecule has 0 radical (unpaired) electrons. The molecule has 1 aliphatic heterocycles. The lowest BCUT2D eigenvalue weighted by molar-refractivity contribution is -0.383. The lowest BCUT2D eigenvalue weighted by Gasteiger charge is -2.19. The number of nitrogens with zero attached hydrogens (tertiary/aromatic N) is 2. The van der Waals surface area contributed by atoms with Gasteiger partial charge in [0.2, 0.25) is 11.8 Å². The molecule has 0 N–H and O–H groups in total. The number of carbonyl (C=O) groups excluding carboxylic acids is 2. The normalized spacial score (nSPS) is 30.3. The van der Waals surface area contributed by atoms with E-state index in [1.807, 2.05) is 0 Å². The van der Waals surface area contributed by atoms with Gasteiger partial charge in [-0.15, -0.1) is 0 Å². The predicted octanol–water partition coefficient (Wildman–Crippen LogP) is 3.28. The fraction of sp³-hybridized carbons (Fsp3) is 0.368. The quantitative estimate of drug-likeness (QED) is 0.479. The second-order valence-electron chi connectivity index (χ2n) is 7.30. The number of anilines is 1. The van der Waals surface area contributed by atoms with Gasteiger partial charge in [0.15, 0.2) is 0 Å². The van der Waals surface area contributed by atoms with Gasteiger partial charge in [0, 0.05) is 11.5 Å². The van der Waals surface area contributed by atoms with Crippen LogP contribution in [0.25, 0.3) is 10.8 Å². The van der Waals surface area contributed by atoms with E-state index in [1.165, 1.54) is 11.0 Å². The minimum atomic E-state index is -0.436. The van der Waals surface area contributed by atoms with E-state index >= 15 is 0 Å². The number of benzene rings is 2. The molecule has 2 saturated carbocycles. The summed E-state index contributed by atoms with van der Waals surface area (Å²) in [5.41, 5.74) is 0.462. The fourth-order valence-electron chi connectivity index (χ4n) is 5.27. The molecule has 1 heterocycles. The van der Waals surface area contributed by atoms with E-state index in [9.17, 15) is 19.7 Å². The molecule has 0 aromatic heterocycles. The van der Waals surface area contributed by atoms with Crippen LogP contribution >= 0.6 is 0 Å². The Bertz CT molecular complexity index is 926. The Kier molecular flexibility index (Phi) is 2.84. The monoisotopic (exact) mass is 336 g/mol. The smallest absolute Gasteiger partial charge is 0.274 e. The van der Waals surface area contributed by atoms with Crippen LogP contribution in [0.5, 0.6) is 0 Å². The molecule has 126 valence electrons. The van der Waals surface area contributed by atoms with Crippen molar-refractivity contribution in [1.29, 1.82) is 0 Å². The van der Waals surface area contributed by atoms with Crippen molar-refractivity contribution >= 4 is 34.0 Å². The largest absolute Gasteiger partial charge is 0.277 e. The molecule has 3 aliphatic rings. The summed E-state index contributed by atoms with van der Waals surface area (Å²) in [7, 11) is 0. The molecule has 3 fully saturated rings. The van der Waals surface area contributed by atoms with E-state index in [-0.39, 0.29) is 29.3 Å². The molecular formula is C19H16N2O4. The molecule has 25 heavy (non-hydrogen) atoms. The first-order chi connectivity index (χ1) is 12.1. The Labute approximate surface area is 143 Å². The molecule has 0 unspecified atom stereocenters. The highest BCUT2D eigenvalue weighted by atomic mass is 16.6. The van der Waals surface area contributed by atoms with Gasteiger partial charge >= 0.3 is 0 Å². The van der Waals surface area contributed by atoms with Crippen LogP contribution in [0.3, 0.4) is 0 Å². The third-order valence-electron chi connectivity index (χ3n) is 6.24. The molecule has 2 amide bonds. The van der Waals surface area contributed by atoms with Gasteiger partial charge in [0.05, 0.1) is 27.8 Å². The summed E-state index contributed by atoms with van der Waals surface area (Å²) < 4.78 is 0. The van der Waals surface area contributed by atoms with Crippen LogP contribution in [0.15, 0.2) is 36.4 Å². The summed E-state index contributed by atoms with van der Waals surface area (Å²) in [6, 6.07) is 9.82. The summed E-state index contributed by atoms with van der Waals surface area (Å²) in [5, 5.41) is 12.3. The second kappa shape index (κ2) is 4.88. The minimum Gasteiger partial charge on any atom is -0.274 e. The third kappa shape index (κ3) is 1.79. The van der Waals surface area contributed by atoms with Crippen LogP contribution in [0, 0.1) is 33.8 Å². The number of rotatable bonds is 2. The molecule has 5 rings (SSSR count). The minimum absolute atomic E-state index is 0.0151. The number of fused-ring (bicyclic) bond motifs is 6. The molecule has 6 nitrogen and oxygen atoms in total. The van der Waals surface area contributed by atoms with E-state index in [1.54, 1.807) is 30.3 Å². The van der Waals surface area contributed by atoms with E-state index in [2.05, 4.69) is 0 Å². The number of hydrogen-bond donors (Lipinski definition) is 0. The van der Waals surface area contributed by atoms with Crippen LogP contribution in [-0.4, -0.2) is 16.7 Å². The Hall–Kier alpha value is -2.76. The third-order valence-corrected chi connectivity index (χ3v) is 6.24. The maximum atomic E-state index is 13.0. The van der Waals surface area contributed by atoms with Crippen molar-refractivity contribution in [3.8, 4) is 0 Å². The fourth-order valence-corrected chi connectivity index (χ4v) is 5.27. The van der Waals surface area contributed by atoms with Crippen molar-refractivity contribution < 1.29 is 14.5 Å². The summed E-state index contributed by atoms with van der Waals surface area (Å²) in [6.07, 6.45) is 3.04. The zero-order valence-electron chi connectivity index (χ0n) is 13.4. The summed E-state index contributed by atoms with van der Waals surface area (Å²) in [6.45, 7) is 0. The summed E-state index contributed by atoms with van der Waals surface area (Å²) >= 11 is 0. The summed E-state index contributed by atoms with van der Waals surface area (Å²) in [5.74, 6) is 0.00402. The first-order valence-corrected chi connectivity index (χ1v) is 8.62. The van der Waals surface area contributed by atoms with Gasteiger partial charge in [-0.25, -0.2) is 4.90 Å². The molecule has 4 atom stereocenters. The Balaban J connectivity index is 1.67.